The number of imidazole rings is 1. The number of aromatic amines is 1. The number of hydrogen-bond acceptors (Lipinski definition) is 4. The predicted octanol–water partition coefficient (Wildman–Crippen LogP) is 3.58. The summed E-state index contributed by atoms with van der Waals surface area (Å²) in [7, 11) is 0. The molecule has 2 heterocycles. The molecule has 1 aliphatic carbocycles. The van der Waals surface area contributed by atoms with Crippen LogP contribution in [-0.2, 0) is 13.0 Å². The summed E-state index contributed by atoms with van der Waals surface area (Å²) in [5.41, 5.74) is 7.48. The Balaban J connectivity index is 1.83. The standard InChI is InChI=1S/C21H27N5/c22-12-3-4-14-26(15-20-24-17-9-1-2-10-18(17)25-20)19-11-5-7-16-8-6-13-23-21(16)19/h1-2,6,8-10,13,19H,3-5,7,11-12,14-15,22H2,(H,24,25)/t19-/m0/s1/i1D,2D,4D2,9D,10D,14D2. The lowest BCUT2D eigenvalue weighted by molar-refractivity contribution is 0.159. The molecule has 3 aromatic rings. The third kappa shape index (κ3) is 3.64. The summed E-state index contributed by atoms with van der Waals surface area (Å²) in [6, 6.07) is 1.93. The van der Waals surface area contributed by atoms with Crippen LogP contribution in [0.3, 0.4) is 0 Å². The maximum absolute atomic E-state index is 8.86. The van der Waals surface area contributed by atoms with Crippen LogP contribution in [-0.4, -0.2) is 32.9 Å². The zero-order valence-corrected chi connectivity index (χ0v) is 14.5. The smallest absolute Gasteiger partial charge is 0.121 e. The molecule has 0 bridgehead atoms. The number of H-pyrrole nitrogens is 1. The van der Waals surface area contributed by atoms with Crippen molar-refractivity contribution in [2.45, 2.75) is 44.6 Å². The van der Waals surface area contributed by atoms with Gasteiger partial charge in [0, 0.05) is 11.7 Å². The fourth-order valence-electron chi connectivity index (χ4n) is 3.37. The first-order valence-electron chi connectivity index (χ1n) is 12.8. The summed E-state index contributed by atoms with van der Waals surface area (Å²) in [6.45, 7) is -2.61. The average molecular weight is 358 g/mol. The van der Waals surface area contributed by atoms with Crippen LogP contribution in [0, 0.1) is 0 Å². The van der Waals surface area contributed by atoms with Crippen LogP contribution in [0.25, 0.3) is 11.0 Å². The molecule has 2 aromatic heterocycles. The van der Waals surface area contributed by atoms with Crippen molar-refractivity contribution < 1.29 is 11.0 Å². The van der Waals surface area contributed by atoms with Gasteiger partial charge in [-0.3, -0.25) is 9.88 Å². The second-order valence-electron chi connectivity index (χ2n) is 6.32. The minimum Gasteiger partial charge on any atom is -0.341 e. The summed E-state index contributed by atoms with van der Waals surface area (Å²) in [4.78, 5) is 13.2. The Morgan fingerprint density at radius 3 is 3.23 bits per heavy atom. The number of hydrogen-bond donors (Lipinski definition) is 2. The molecule has 1 atom stereocenters. The average Bonchev–Trinajstić information content (AvgIpc) is 3.23. The number of nitrogens with zero attached hydrogens (tertiary/aromatic N) is 3. The van der Waals surface area contributed by atoms with Crippen molar-refractivity contribution in [2.24, 2.45) is 5.73 Å². The van der Waals surface area contributed by atoms with Gasteiger partial charge in [0.2, 0.25) is 0 Å². The Bertz CT molecular complexity index is 1170. The van der Waals surface area contributed by atoms with Crippen molar-refractivity contribution in [1.82, 2.24) is 19.9 Å². The number of nitrogens with one attached hydrogen (secondary N) is 1. The zero-order chi connectivity index (χ0) is 24.8. The Morgan fingerprint density at radius 1 is 1.38 bits per heavy atom. The highest BCUT2D eigenvalue weighted by Gasteiger charge is 2.27. The molecule has 1 aromatic carbocycles. The van der Waals surface area contributed by atoms with E-state index in [-0.39, 0.29) is 54.5 Å². The topological polar surface area (TPSA) is 70.8 Å². The molecule has 0 saturated carbocycles. The van der Waals surface area contributed by atoms with E-state index in [1.54, 1.807) is 6.20 Å². The van der Waals surface area contributed by atoms with E-state index in [0.29, 0.717) is 12.1 Å². The fraction of sp³-hybridized carbons (Fsp3) is 0.429. The van der Waals surface area contributed by atoms with E-state index in [4.69, 9.17) is 16.7 Å². The first kappa shape index (κ1) is 10.2. The van der Waals surface area contributed by atoms with Crippen molar-refractivity contribution in [3.63, 3.8) is 0 Å². The van der Waals surface area contributed by atoms with Crippen LogP contribution in [0.5, 0.6) is 0 Å². The van der Waals surface area contributed by atoms with Crippen LogP contribution in [0.1, 0.15) is 59.7 Å². The van der Waals surface area contributed by atoms with Gasteiger partial charge >= 0.3 is 0 Å². The van der Waals surface area contributed by atoms with Crippen LogP contribution in [0.2, 0.25) is 0 Å². The van der Waals surface area contributed by atoms with Crippen molar-refractivity contribution >= 4 is 11.0 Å². The minimum atomic E-state index is -2.45. The second kappa shape index (κ2) is 7.98. The molecule has 4 rings (SSSR count). The highest BCUT2D eigenvalue weighted by Crippen LogP contribution is 2.33. The number of pyridine rings is 1. The highest BCUT2D eigenvalue weighted by molar-refractivity contribution is 5.74. The Morgan fingerprint density at radius 2 is 2.31 bits per heavy atom. The Hall–Kier alpha value is -2.24. The van der Waals surface area contributed by atoms with Crippen molar-refractivity contribution in [2.75, 3.05) is 13.0 Å². The van der Waals surface area contributed by atoms with E-state index in [2.05, 4.69) is 15.0 Å². The third-order valence-electron chi connectivity index (χ3n) is 4.54. The molecule has 136 valence electrons. The van der Waals surface area contributed by atoms with E-state index in [0.717, 1.165) is 18.4 Å². The molecule has 3 N–H and O–H groups in total. The fourth-order valence-corrected chi connectivity index (χ4v) is 3.37. The van der Waals surface area contributed by atoms with Gasteiger partial charge in [0.25, 0.3) is 0 Å². The molecule has 0 radical (unpaired) electrons. The normalized spacial score (nSPS) is 22.5. The first-order valence-corrected chi connectivity index (χ1v) is 8.85. The summed E-state index contributed by atoms with van der Waals surface area (Å²) in [5.74, 6) is 0.220. The largest absolute Gasteiger partial charge is 0.341 e. The Kier molecular flexibility index (Phi) is 3.12. The van der Waals surface area contributed by atoms with Gasteiger partial charge in [0.05, 0.1) is 34.8 Å². The zero-order valence-electron chi connectivity index (χ0n) is 22.5. The van der Waals surface area contributed by atoms with Crippen LogP contribution < -0.4 is 5.73 Å². The third-order valence-corrected chi connectivity index (χ3v) is 4.54. The van der Waals surface area contributed by atoms with Gasteiger partial charge in [-0.05, 0) is 68.8 Å². The summed E-state index contributed by atoms with van der Waals surface area (Å²) in [6.07, 6.45) is 1.35. The van der Waals surface area contributed by atoms with E-state index in [1.165, 1.54) is 4.90 Å². The Labute approximate surface area is 165 Å². The van der Waals surface area contributed by atoms with Gasteiger partial charge in [-0.25, -0.2) is 4.98 Å². The van der Waals surface area contributed by atoms with E-state index < -0.39 is 25.0 Å². The van der Waals surface area contributed by atoms with Gasteiger partial charge in [-0.2, -0.15) is 0 Å². The van der Waals surface area contributed by atoms with E-state index in [9.17, 15) is 0 Å². The quantitative estimate of drug-likeness (QED) is 0.678. The number of aryl methyl sites for hydroxylation is 1. The van der Waals surface area contributed by atoms with Gasteiger partial charge < -0.3 is 10.7 Å². The minimum absolute atomic E-state index is 0.0204. The summed E-state index contributed by atoms with van der Waals surface area (Å²) < 4.78 is 66.8. The predicted molar refractivity (Wildman–Crippen MR) is 105 cm³/mol. The molecule has 0 fully saturated rings. The summed E-state index contributed by atoms with van der Waals surface area (Å²) >= 11 is 0. The molecule has 0 aliphatic heterocycles. The number of para-hydroxylation sites is 2. The van der Waals surface area contributed by atoms with Gasteiger partial charge in [0.15, 0.2) is 0 Å². The lowest BCUT2D eigenvalue weighted by Gasteiger charge is -2.34. The van der Waals surface area contributed by atoms with Crippen molar-refractivity contribution in [1.29, 1.82) is 0 Å². The molecular formula is C21H27N5. The maximum atomic E-state index is 8.86. The lowest BCUT2D eigenvalue weighted by Crippen LogP contribution is -2.33. The molecule has 5 nitrogen and oxygen atoms in total. The second-order valence-corrected chi connectivity index (χ2v) is 6.32. The first-order chi connectivity index (χ1) is 16.0. The molecule has 0 unspecified atom stereocenters. The number of nitrogens with two attached hydrogens (primary N) is 1. The monoisotopic (exact) mass is 357 g/mol. The summed E-state index contributed by atoms with van der Waals surface area (Å²) in [5, 5.41) is 0. The molecular weight excluding hydrogens is 322 g/mol. The number of benzene rings is 1. The van der Waals surface area contributed by atoms with Crippen LogP contribution in [0.15, 0.2) is 42.5 Å². The molecule has 26 heavy (non-hydrogen) atoms. The number of rotatable bonds is 7. The van der Waals surface area contributed by atoms with E-state index in [1.807, 2.05) is 12.1 Å². The van der Waals surface area contributed by atoms with Crippen LogP contribution >= 0.6 is 0 Å². The molecule has 0 spiro atoms. The SMILES string of the molecule is [2H]c1c([2H])c([2H])c2[nH]c(CN([C@H]3CCCc4cccnc43)C([2H])([2H])C([2H])([2H])CCN)nc2c1[2H]. The van der Waals surface area contributed by atoms with Crippen LogP contribution in [0.4, 0.5) is 0 Å². The molecule has 0 saturated heterocycles. The van der Waals surface area contributed by atoms with E-state index >= 15 is 0 Å². The van der Waals surface area contributed by atoms with Gasteiger partial charge in [0.1, 0.15) is 5.82 Å². The number of fused-ring (bicyclic) bond motifs is 2. The van der Waals surface area contributed by atoms with Gasteiger partial charge in [-0.15, -0.1) is 0 Å². The number of aromatic nitrogens is 3. The molecule has 0 amide bonds. The van der Waals surface area contributed by atoms with Gasteiger partial charge in [-0.1, -0.05) is 18.2 Å². The lowest BCUT2D eigenvalue weighted by atomic mass is 9.90. The molecule has 1 aliphatic rings. The molecule has 5 heteroatoms. The van der Waals surface area contributed by atoms with Crippen molar-refractivity contribution in [3.8, 4) is 0 Å². The maximum Gasteiger partial charge on any atom is 0.121 e. The van der Waals surface area contributed by atoms with Crippen molar-refractivity contribution in [3.05, 3.63) is 59.6 Å². The highest BCUT2D eigenvalue weighted by atomic mass is 15.2.